The highest BCUT2D eigenvalue weighted by atomic mass is 19.1. The van der Waals surface area contributed by atoms with Gasteiger partial charge in [0.1, 0.15) is 5.82 Å². The van der Waals surface area contributed by atoms with Crippen LogP contribution < -0.4 is 5.73 Å². The molecule has 1 aromatic carbocycles. The fourth-order valence-electron chi connectivity index (χ4n) is 2.59. The van der Waals surface area contributed by atoms with Crippen LogP contribution in [-0.4, -0.2) is 36.5 Å². The van der Waals surface area contributed by atoms with E-state index in [1.54, 1.807) is 11.0 Å². The van der Waals surface area contributed by atoms with Gasteiger partial charge in [0.2, 0.25) is 0 Å². The first-order valence-corrected chi connectivity index (χ1v) is 7.54. The second kappa shape index (κ2) is 6.12. The van der Waals surface area contributed by atoms with E-state index in [9.17, 15) is 9.18 Å². The first kappa shape index (κ1) is 14.5. The van der Waals surface area contributed by atoms with Crippen LogP contribution in [0.5, 0.6) is 0 Å². The molecule has 0 radical (unpaired) electrons. The van der Waals surface area contributed by atoms with Crippen LogP contribution in [0.25, 0.3) is 0 Å². The van der Waals surface area contributed by atoms with Crippen molar-refractivity contribution in [2.24, 2.45) is 11.7 Å². The number of hydrogen-bond acceptors (Lipinski definition) is 3. The van der Waals surface area contributed by atoms with Gasteiger partial charge in [0.05, 0.1) is 6.61 Å². The van der Waals surface area contributed by atoms with Crippen molar-refractivity contribution in [3.8, 4) is 0 Å². The zero-order valence-electron chi connectivity index (χ0n) is 12.1. The molecule has 1 aliphatic carbocycles. The molecule has 4 nitrogen and oxygen atoms in total. The smallest absolute Gasteiger partial charge is 0.253 e. The van der Waals surface area contributed by atoms with Crippen molar-refractivity contribution in [3.05, 3.63) is 35.1 Å². The van der Waals surface area contributed by atoms with Crippen LogP contribution in [0.1, 0.15) is 35.2 Å². The summed E-state index contributed by atoms with van der Waals surface area (Å²) in [4.78, 5) is 14.1. The lowest BCUT2D eigenvalue weighted by Gasteiger charge is -2.16. The summed E-state index contributed by atoms with van der Waals surface area (Å²) in [7, 11) is 0. The minimum absolute atomic E-state index is 0.0516. The summed E-state index contributed by atoms with van der Waals surface area (Å²) in [6, 6.07) is 4.54. The van der Waals surface area contributed by atoms with Gasteiger partial charge < -0.3 is 15.4 Å². The molecule has 2 aliphatic rings. The Bertz CT molecular complexity index is 531. The van der Waals surface area contributed by atoms with E-state index in [-0.39, 0.29) is 24.4 Å². The maximum Gasteiger partial charge on any atom is 0.253 e. The van der Waals surface area contributed by atoms with Crippen molar-refractivity contribution in [1.29, 1.82) is 0 Å². The number of nitrogens with two attached hydrogens (primary N) is 1. The molecule has 1 saturated carbocycles. The average molecular weight is 292 g/mol. The van der Waals surface area contributed by atoms with Crippen LogP contribution in [0.4, 0.5) is 4.39 Å². The first-order valence-electron chi connectivity index (χ1n) is 7.54. The van der Waals surface area contributed by atoms with Crippen molar-refractivity contribution in [3.63, 3.8) is 0 Å². The van der Waals surface area contributed by atoms with Crippen molar-refractivity contribution < 1.29 is 13.9 Å². The van der Waals surface area contributed by atoms with Gasteiger partial charge in [-0.1, -0.05) is 0 Å². The summed E-state index contributed by atoms with van der Waals surface area (Å²) in [5.74, 6) is 0.246. The van der Waals surface area contributed by atoms with Crippen molar-refractivity contribution >= 4 is 5.91 Å². The van der Waals surface area contributed by atoms with Gasteiger partial charge in [-0.15, -0.1) is 0 Å². The molecule has 0 aromatic heterocycles. The Balaban J connectivity index is 1.65. The number of ether oxygens (including phenoxy) is 1. The van der Waals surface area contributed by atoms with E-state index in [0.29, 0.717) is 36.7 Å². The number of carbonyl (C=O) groups is 1. The highest BCUT2D eigenvalue weighted by Crippen LogP contribution is 2.29. The molecule has 21 heavy (non-hydrogen) atoms. The number of carbonyl (C=O) groups excluding carboxylic acids is 1. The zero-order valence-corrected chi connectivity index (χ0v) is 12.1. The predicted octanol–water partition coefficient (Wildman–Crippen LogP) is 1.93. The number of halogens is 1. The second-order valence-electron chi connectivity index (χ2n) is 6.06. The van der Waals surface area contributed by atoms with Crippen molar-refractivity contribution in [2.45, 2.75) is 31.9 Å². The number of rotatable bonds is 5. The fraction of sp³-hybridized carbons (Fsp3) is 0.562. The van der Waals surface area contributed by atoms with Gasteiger partial charge in [-0.2, -0.15) is 0 Å². The SMILES string of the molecule is N[C@@H]1CCN(C(=O)c2ccc(F)c(COCC3CC3)c2)C1. The molecule has 0 spiro atoms. The number of benzene rings is 1. The lowest BCUT2D eigenvalue weighted by molar-refractivity contribution is 0.0790. The quantitative estimate of drug-likeness (QED) is 0.902. The third kappa shape index (κ3) is 3.60. The molecule has 114 valence electrons. The predicted molar refractivity (Wildman–Crippen MR) is 77.3 cm³/mol. The molecular formula is C16H21FN2O2. The van der Waals surface area contributed by atoms with E-state index in [0.717, 1.165) is 6.42 Å². The van der Waals surface area contributed by atoms with Crippen LogP contribution in [-0.2, 0) is 11.3 Å². The average Bonchev–Trinajstić information content (AvgIpc) is 3.20. The molecule has 1 amide bonds. The van der Waals surface area contributed by atoms with Crippen LogP contribution >= 0.6 is 0 Å². The van der Waals surface area contributed by atoms with Gasteiger partial charge in [0.25, 0.3) is 5.91 Å². The molecule has 2 fully saturated rings. The van der Waals surface area contributed by atoms with Crippen LogP contribution in [0.2, 0.25) is 0 Å². The topological polar surface area (TPSA) is 55.6 Å². The Hall–Kier alpha value is -1.46. The Labute approximate surface area is 124 Å². The summed E-state index contributed by atoms with van der Waals surface area (Å²) in [6.45, 7) is 2.15. The third-order valence-electron chi connectivity index (χ3n) is 4.11. The number of amides is 1. The largest absolute Gasteiger partial charge is 0.376 e. The van der Waals surface area contributed by atoms with Crippen LogP contribution in [0.15, 0.2) is 18.2 Å². The summed E-state index contributed by atoms with van der Waals surface area (Å²) in [6.07, 6.45) is 3.23. The number of likely N-dealkylation sites (tertiary alicyclic amines) is 1. The maximum atomic E-state index is 13.8. The highest BCUT2D eigenvalue weighted by Gasteiger charge is 2.25. The molecule has 0 unspecified atom stereocenters. The molecule has 3 rings (SSSR count). The number of hydrogen-bond donors (Lipinski definition) is 1. The van der Waals surface area contributed by atoms with E-state index < -0.39 is 0 Å². The van der Waals surface area contributed by atoms with Gasteiger partial charge in [0.15, 0.2) is 0 Å². The third-order valence-corrected chi connectivity index (χ3v) is 4.11. The molecule has 5 heteroatoms. The van der Waals surface area contributed by atoms with Gasteiger partial charge in [-0.05, 0) is 43.4 Å². The summed E-state index contributed by atoms with van der Waals surface area (Å²) < 4.78 is 19.3. The Kier molecular flexibility index (Phi) is 4.22. The normalized spacial score (nSPS) is 21.8. The molecular weight excluding hydrogens is 271 g/mol. The second-order valence-corrected chi connectivity index (χ2v) is 6.06. The molecule has 0 bridgehead atoms. The van der Waals surface area contributed by atoms with Gasteiger partial charge in [0, 0.05) is 36.9 Å². The zero-order chi connectivity index (χ0) is 14.8. The molecule has 1 saturated heterocycles. The maximum absolute atomic E-state index is 13.8. The monoisotopic (exact) mass is 292 g/mol. The summed E-state index contributed by atoms with van der Waals surface area (Å²) in [5, 5.41) is 0. The van der Waals surface area contributed by atoms with Crippen molar-refractivity contribution in [2.75, 3.05) is 19.7 Å². The van der Waals surface area contributed by atoms with E-state index in [4.69, 9.17) is 10.5 Å². The standard InChI is InChI=1S/C16H21FN2O2/c17-15-4-3-12(16(20)19-6-5-14(18)8-19)7-13(15)10-21-9-11-1-2-11/h3-4,7,11,14H,1-2,5-6,8-10,18H2/t14-/m1/s1. The van der Waals surface area contributed by atoms with E-state index in [1.807, 2.05) is 0 Å². The summed E-state index contributed by atoms with van der Waals surface area (Å²) in [5.41, 5.74) is 6.78. The minimum atomic E-state index is -0.319. The molecule has 1 atom stereocenters. The van der Waals surface area contributed by atoms with E-state index >= 15 is 0 Å². The minimum Gasteiger partial charge on any atom is -0.376 e. The Morgan fingerprint density at radius 1 is 1.38 bits per heavy atom. The molecule has 1 aliphatic heterocycles. The lowest BCUT2D eigenvalue weighted by atomic mass is 10.1. The van der Waals surface area contributed by atoms with Gasteiger partial charge in [-0.25, -0.2) is 4.39 Å². The summed E-state index contributed by atoms with van der Waals surface area (Å²) >= 11 is 0. The Morgan fingerprint density at radius 2 is 2.19 bits per heavy atom. The van der Waals surface area contributed by atoms with Crippen LogP contribution in [0, 0.1) is 11.7 Å². The van der Waals surface area contributed by atoms with E-state index in [1.165, 1.54) is 25.0 Å². The lowest BCUT2D eigenvalue weighted by Crippen LogP contribution is -2.31. The van der Waals surface area contributed by atoms with Crippen molar-refractivity contribution in [1.82, 2.24) is 4.90 Å². The first-order chi connectivity index (χ1) is 10.1. The van der Waals surface area contributed by atoms with Gasteiger partial charge >= 0.3 is 0 Å². The highest BCUT2D eigenvalue weighted by molar-refractivity contribution is 5.94. The fourth-order valence-corrected chi connectivity index (χ4v) is 2.59. The van der Waals surface area contributed by atoms with Gasteiger partial charge in [-0.3, -0.25) is 4.79 Å². The van der Waals surface area contributed by atoms with E-state index in [2.05, 4.69) is 0 Å². The molecule has 1 aromatic rings. The number of nitrogens with zero attached hydrogens (tertiary/aromatic N) is 1. The van der Waals surface area contributed by atoms with Crippen LogP contribution in [0.3, 0.4) is 0 Å². The molecule has 2 N–H and O–H groups in total. The Morgan fingerprint density at radius 3 is 2.86 bits per heavy atom. The molecule has 1 heterocycles.